The van der Waals surface area contributed by atoms with Crippen molar-refractivity contribution in [1.29, 1.82) is 0 Å². The van der Waals surface area contributed by atoms with Crippen LogP contribution in [0, 0.1) is 12.7 Å². The van der Waals surface area contributed by atoms with Crippen molar-refractivity contribution >= 4 is 16.7 Å². The van der Waals surface area contributed by atoms with E-state index < -0.39 is 41.1 Å². The van der Waals surface area contributed by atoms with Crippen LogP contribution in [0.15, 0.2) is 35.5 Å². The molecule has 32 heavy (non-hydrogen) atoms. The highest BCUT2D eigenvalue weighted by molar-refractivity contribution is 5.90. The number of nitrogens with zero attached hydrogens (tertiary/aromatic N) is 3. The molecule has 0 aliphatic heterocycles. The van der Waals surface area contributed by atoms with Crippen molar-refractivity contribution in [3.8, 4) is 0 Å². The predicted octanol–water partition coefficient (Wildman–Crippen LogP) is 5.40. The van der Waals surface area contributed by atoms with Gasteiger partial charge in [0.25, 0.3) is 12.0 Å². The number of benzene rings is 1. The summed E-state index contributed by atoms with van der Waals surface area (Å²) in [6.45, 7) is 2.88. The summed E-state index contributed by atoms with van der Waals surface area (Å²) in [7, 11) is 0. The van der Waals surface area contributed by atoms with Crippen LogP contribution in [-0.2, 0) is 5.54 Å². The minimum absolute atomic E-state index is 0.0157. The molecule has 0 spiro atoms. The van der Waals surface area contributed by atoms with Crippen molar-refractivity contribution in [2.75, 3.05) is 5.32 Å². The molecule has 1 aliphatic rings. The summed E-state index contributed by atoms with van der Waals surface area (Å²) in [6.07, 6.45) is -5.88. The third kappa shape index (κ3) is 3.39. The van der Waals surface area contributed by atoms with Crippen LogP contribution in [0.4, 0.5) is 32.2 Å². The fourth-order valence-corrected chi connectivity index (χ4v) is 3.85. The number of anilines is 1. The van der Waals surface area contributed by atoms with Crippen molar-refractivity contribution in [2.24, 2.45) is 0 Å². The standard InChI is InChI=1S/C21H18F6N4O/c1-10-16-14(8-31(19(10)32)20(6-7-20)21(25,26)27)18(29-9-28-16)30-11(2)12-4-3-5-13(15(12)22)17(23)24/h3-5,8-9,11,17H,6-7H2,1-2H3,(H,28,29,30)/t11-/m1/s1. The Morgan fingerprint density at radius 3 is 2.41 bits per heavy atom. The lowest BCUT2D eigenvalue weighted by Crippen LogP contribution is -2.42. The largest absolute Gasteiger partial charge is 0.412 e. The Labute approximate surface area is 178 Å². The molecule has 1 N–H and O–H groups in total. The Kier molecular flexibility index (Phi) is 5.17. The molecule has 3 aromatic rings. The van der Waals surface area contributed by atoms with E-state index in [1.165, 1.54) is 26.0 Å². The van der Waals surface area contributed by atoms with Gasteiger partial charge in [0.15, 0.2) is 0 Å². The van der Waals surface area contributed by atoms with Gasteiger partial charge >= 0.3 is 6.18 Å². The van der Waals surface area contributed by atoms with E-state index >= 15 is 0 Å². The van der Waals surface area contributed by atoms with Gasteiger partial charge in [-0.05, 0) is 26.7 Å². The Balaban J connectivity index is 1.81. The Morgan fingerprint density at radius 2 is 1.81 bits per heavy atom. The predicted molar refractivity (Wildman–Crippen MR) is 105 cm³/mol. The van der Waals surface area contributed by atoms with Crippen LogP contribution >= 0.6 is 0 Å². The molecule has 1 atom stereocenters. The van der Waals surface area contributed by atoms with Crippen LogP contribution in [0.1, 0.15) is 48.9 Å². The van der Waals surface area contributed by atoms with Gasteiger partial charge in [-0.1, -0.05) is 18.2 Å². The maximum Gasteiger partial charge on any atom is 0.412 e. The van der Waals surface area contributed by atoms with Gasteiger partial charge in [0.05, 0.1) is 22.5 Å². The van der Waals surface area contributed by atoms with Crippen molar-refractivity contribution < 1.29 is 26.3 Å². The average Bonchev–Trinajstić information content (AvgIpc) is 3.53. The van der Waals surface area contributed by atoms with E-state index in [0.717, 1.165) is 18.6 Å². The molecule has 0 radical (unpaired) electrons. The fourth-order valence-electron chi connectivity index (χ4n) is 3.85. The van der Waals surface area contributed by atoms with E-state index in [1.54, 1.807) is 0 Å². The third-order valence-electron chi connectivity index (χ3n) is 5.86. The minimum atomic E-state index is -4.62. The lowest BCUT2D eigenvalue weighted by atomic mass is 10.0. The summed E-state index contributed by atoms with van der Waals surface area (Å²) in [5.41, 5.74) is -3.74. The second-order valence-corrected chi connectivity index (χ2v) is 7.86. The molecule has 1 saturated carbocycles. The zero-order valence-corrected chi connectivity index (χ0v) is 17.0. The monoisotopic (exact) mass is 456 g/mol. The molecule has 0 saturated heterocycles. The summed E-state index contributed by atoms with van der Waals surface area (Å²) < 4.78 is 82.3. The Morgan fingerprint density at radius 1 is 1.16 bits per heavy atom. The smallest absolute Gasteiger partial charge is 0.363 e. The van der Waals surface area contributed by atoms with Gasteiger partial charge in [0.1, 0.15) is 23.5 Å². The first-order valence-corrected chi connectivity index (χ1v) is 9.75. The summed E-state index contributed by atoms with van der Waals surface area (Å²) in [4.78, 5) is 20.7. The number of pyridine rings is 1. The highest BCUT2D eigenvalue weighted by atomic mass is 19.4. The molecule has 2 heterocycles. The summed E-state index contributed by atoms with van der Waals surface area (Å²) in [6, 6.07) is 2.74. The number of alkyl halides is 5. The highest BCUT2D eigenvalue weighted by Gasteiger charge is 2.65. The Hall–Kier alpha value is -3.11. The number of aromatic nitrogens is 3. The number of hydrogen-bond donors (Lipinski definition) is 1. The third-order valence-corrected chi connectivity index (χ3v) is 5.86. The topological polar surface area (TPSA) is 59.8 Å². The number of aryl methyl sites for hydroxylation is 1. The molecule has 4 rings (SSSR count). The van der Waals surface area contributed by atoms with Gasteiger partial charge < -0.3 is 5.32 Å². The van der Waals surface area contributed by atoms with Crippen LogP contribution in [0.5, 0.6) is 0 Å². The molecule has 2 aromatic heterocycles. The van der Waals surface area contributed by atoms with E-state index in [2.05, 4.69) is 15.3 Å². The number of fused-ring (bicyclic) bond motifs is 1. The SMILES string of the molecule is Cc1c(=O)n(C2(C(F)(F)F)CC2)cc2c(N[C@H](C)c3cccc(C(F)F)c3F)ncnc12. The van der Waals surface area contributed by atoms with Gasteiger partial charge in [0, 0.05) is 17.3 Å². The van der Waals surface area contributed by atoms with E-state index in [9.17, 15) is 31.1 Å². The molecular formula is C21H18F6N4O. The second kappa shape index (κ2) is 7.49. The van der Waals surface area contributed by atoms with E-state index in [4.69, 9.17) is 0 Å². The zero-order valence-electron chi connectivity index (χ0n) is 17.0. The van der Waals surface area contributed by atoms with Crippen LogP contribution in [0.2, 0.25) is 0 Å². The van der Waals surface area contributed by atoms with Crippen molar-refractivity contribution in [2.45, 2.75) is 50.9 Å². The first kappa shape index (κ1) is 22.1. The molecule has 0 amide bonds. The maximum absolute atomic E-state index is 14.5. The number of hydrogen-bond acceptors (Lipinski definition) is 4. The average molecular weight is 456 g/mol. The van der Waals surface area contributed by atoms with Crippen molar-refractivity contribution in [3.05, 3.63) is 63.6 Å². The zero-order chi connectivity index (χ0) is 23.4. The number of rotatable bonds is 5. The van der Waals surface area contributed by atoms with Crippen molar-refractivity contribution in [1.82, 2.24) is 14.5 Å². The lowest BCUT2D eigenvalue weighted by Gasteiger charge is -2.24. The summed E-state index contributed by atoms with van der Waals surface area (Å²) >= 11 is 0. The van der Waals surface area contributed by atoms with E-state index in [-0.39, 0.29) is 40.7 Å². The van der Waals surface area contributed by atoms with Gasteiger partial charge in [-0.15, -0.1) is 0 Å². The van der Waals surface area contributed by atoms with E-state index in [0.29, 0.717) is 4.57 Å². The molecule has 0 bridgehead atoms. The molecule has 1 aromatic carbocycles. The van der Waals surface area contributed by atoms with E-state index in [1.807, 2.05) is 0 Å². The fraction of sp³-hybridized carbons (Fsp3) is 0.381. The Bertz CT molecular complexity index is 1250. The van der Waals surface area contributed by atoms with Gasteiger partial charge in [-0.3, -0.25) is 9.36 Å². The second-order valence-electron chi connectivity index (χ2n) is 7.86. The van der Waals surface area contributed by atoms with Crippen LogP contribution < -0.4 is 10.9 Å². The van der Waals surface area contributed by atoms with Crippen LogP contribution in [0.3, 0.4) is 0 Å². The maximum atomic E-state index is 14.5. The highest BCUT2D eigenvalue weighted by Crippen LogP contribution is 2.55. The molecule has 11 heteroatoms. The lowest BCUT2D eigenvalue weighted by molar-refractivity contribution is -0.180. The first-order chi connectivity index (χ1) is 15.0. The number of halogens is 6. The molecule has 170 valence electrons. The molecule has 5 nitrogen and oxygen atoms in total. The summed E-state index contributed by atoms with van der Waals surface area (Å²) in [5, 5.41) is 3.00. The quantitative estimate of drug-likeness (QED) is 0.523. The molecular weight excluding hydrogens is 438 g/mol. The number of nitrogens with one attached hydrogen (secondary N) is 1. The van der Waals surface area contributed by atoms with Crippen LogP contribution in [0.25, 0.3) is 10.9 Å². The van der Waals surface area contributed by atoms with Gasteiger partial charge in [-0.2, -0.15) is 13.2 Å². The molecule has 1 aliphatic carbocycles. The molecule has 0 unspecified atom stereocenters. The summed E-state index contributed by atoms with van der Waals surface area (Å²) in [5.74, 6) is -1.03. The molecule has 1 fully saturated rings. The van der Waals surface area contributed by atoms with Crippen molar-refractivity contribution in [3.63, 3.8) is 0 Å². The van der Waals surface area contributed by atoms with Crippen LogP contribution in [-0.4, -0.2) is 20.7 Å². The van der Waals surface area contributed by atoms with Gasteiger partial charge in [0.2, 0.25) is 0 Å². The minimum Gasteiger partial charge on any atom is -0.363 e. The van der Waals surface area contributed by atoms with Gasteiger partial charge in [-0.25, -0.2) is 23.1 Å². The normalized spacial score (nSPS) is 16.4. The first-order valence-electron chi connectivity index (χ1n) is 9.75.